The molecule has 4 aromatic rings. The van der Waals surface area contributed by atoms with Crippen molar-refractivity contribution in [1.29, 1.82) is 0 Å². The van der Waals surface area contributed by atoms with E-state index in [9.17, 15) is 5.11 Å². The summed E-state index contributed by atoms with van der Waals surface area (Å²) in [5.41, 5.74) is 0. The number of rotatable bonds is 0. The molecule has 96 valence electrons. The third kappa shape index (κ3) is 1.49. The number of phenols is 1. The molecule has 20 heavy (non-hydrogen) atoms. The number of phenolic OH excluding ortho intramolecular Hbond substituents is 1. The zero-order valence-corrected chi connectivity index (χ0v) is 12.2. The summed E-state index contributed by atoms with van der Waals surface area (Å²) in [4.78, 5) is 0. The van der Waals surface area contributed by atoms with Crippen molar-refractivity contribution in [2.45, 2.75) is 0 Å². The maximum Gasteiger partial charge on any atom is 0.138 e. The Kier molecular flexibility index (Phi) is 2.48. The van der Waals surface area contributed by atoms with Gasteiger partial charge in [-0.05, 0) is 48.9 Å². The maximum atomic E-state index is 10.5. The summed E-state index contributed by atoms with van der Waals surface area (Å²) in [5.74, 6) is 0.310. The fraction of sp³-hybridized carbons (Fsp3) is 0. The number of aromatic hydroxyl groups is 1. The van der Waals surface area contributed by atoms with Crippen LogP contribution in [0, 0.1) is 0 Å². The van der Waals surface area contributed by atoms with Crippen LogP contribution in [0.5, 0.6) is 5.75 Å². The van der Waals surface area contributed by atoms with E-state index in [4.69, 9.17) is 0 Å². The molecule has 0 saturated carbocycles. The van der Waals surface area contributed by atoms with Crippen molar-refractivity contribution in [3.8, 4) is 5.75 Å². The lowest BCUT2D eigenvalue weighted by Crippen LogP contribution is -1.84. The standard InChI is InChI=1S/C18H11BrO/c19-16-10-9-15-13-7-2-1-5-11(13)12-6-3-4-8-14(12)17(15)18(16)20/h1-10,20H. The van der Waals surface area contributed by atoms with E-state index in [1.807, 2.05) is 24.3 Å². The van der Waals surface area contributed by atoms with Gasteiger partial charge in [0, 0.05) is 5.39 Å². The second-order valence-corrected chi connectivity index (χ2v) is 5.76. The second kappa shape index (κ2) is 4.22. The molecule has 0 radical (unpaired) electrons. The Morgan fingerprint density at radius 3 is 1.65 bits per heavy atom. The summed E-state index contributed by atoms with van der Waals surface area (Å²) in [6, 6.07) is 20.5. The molecule has 0 amide bonds. The van der Waals surface area contributed by atoms with E-state index < -0.39 is 0 Å². The van der Waals surface area contributed by atoms with Crippen molar-refractivity contribution in [2.75, 3.05) is 0 Å². The third-order valence-electron chi connectivity index (χ3n) is 3.83. The fourth-order valence-electron chi connectivity index (χ4n) is 2.95. The van der Waals surface area contributed by atoms with Crippen molar-refractivity contribution >= 4 is 48.2 Å². The first-order valence-electron chi connectivity index (χ1n) is 6.48. The molecule has 1 N–H and O–H groups in total. The first-order chi connectivity index (χ1) is 9.77. The zero-order chi connectivity index (χ0) is 13.7. The minimum atomic E-state index is 0.310. The van der Waals surface area contributed by atoms with Crippen LogP contribution in [0.15, 0.2) is 65.1 Å². The average Bonchev–Trinajstić information content (AvgIpc) is 2.50. The van der Waals surface area contributed by atoms with E-state index in [1.165, 1.54) is 16.2 Å². The lowest BCUT2D eigenvalue weighted by molar-refractivity contribution is 0.479. The van der Waals surface area contributed by atoms with Gasteiger partial charge < -0.3 is 5.11 Å². The molecule has 4 aromatic carbocycles. The quantitative estimate of drug-likeness (QED) is 0.417. The van der Waals surface area contributed by atoms with Gasteiger partial charge in [-0.25, -0.2) is 0 Å². The first kappa shape index (κ1) is 11.7. The molecule has 0 aliphatic carbocycles. The van der Waals surface area contributed by atoms with Crippen LogP contribution in [0.3, 0.4) is 0 Å². The van der Waals surface area contributed by atoms with Crippen molar-refractivity contribution in [3.63, 3.8) is 0 Å². The molecule has 0 saturated heterocycles. The smallest absolute Gasteiger partial charge is 0.138 e. The van der Waals surface area contributed by atoms with Crippen LogP contribution in [0.4, 0.5) is 0 Å². The molecule has 2 heteroatoms. The number of benzene rings is 4. The van der Waals surface area contributed by atoms with Crippen molar-refractivity contribution in [1.82, 2.24) is 0 Å². The molecule has 0 bridgehead atoms. The highest BCUT2D eigenvalue weighted by atomic mass is 79.9. The molecule has 1 nitrogen and oxygen atoms in total. The van der Waals surface area contributed by atoms with E-state index >= 15 is 0 Å². The minimum absolute atomic E-state index is 0.310. The number of hydrogen-bond donors (Lipinski definition) is 1. The normalized spacial score (nSPS) is 11.4. The van der Waals surface area contributed by atoms with E-state index in [1.54, 1.807) is 0 Å². The van der Waals surface area contributed by atoms with Gasteiger partial charge in [0.2, 0.25) is 0 Å². The van der Waals surface area contributed by atoms with Crippen LogP contribution in [-0.2, 0) is 0 Å². The Bertz CT molecular complexity index is 938. The highest BCUT2D eigenvalue weighted by Gasteiger charge is 2.12. The third-order valence-corrected chi connectivity index (χ3v) is 4.47. The maximum absolute atomic E-state index is 10.5. The Labute approximate surface area is 124 Å². The van der Waals surface area contributed by atoms with Gasteiger partial charge in [0.25, 0.3) is 0 Å². The Balaban J connectivity index is 2.46. The summed E-state index contributed by atoms with van der Waals surface area (Å²) in [6.45, 7) is 0. The molecule has 0 heterocycles. The van der Waals surface area contributed by atoms with Gasteiger partial charge in [0.1, 0.15) is 5.75 Å². The summed E-state index contributed by atoms with van der Waals surface area (Å²) < 4.78 is 0.727. The number of hydrogen-bond acceptors (Lipinski definition) is 1. The van der Waals surface area contributed by atoms with Crippen LogP contribution < -0.4 is 0 Å². The highest BCUT2D eigenvalue weighted by Crippen LogP contribution is 2.41. The molecule has 0 aliphatic rings. The van der Waals surface area contributed by atoms with Crippen molar-refractivity contribution < 1.29 is 5.11 Å². The van der Waals surface area contributed by atoms with Crippen LogP contribution in [0.1, 0.15) is 0 Å². The predicted octanol–water partition coefficient (Wildman–Crippen LogP) is 5.61. The zero-order valence-electron chi connectivity index (χ0n) is 10.6. The molecule has 0 aliphatic heterocycles. The molecular formula is C18H11BrO. The molecule has 0 unspecified atom stereocenters. The Hall–Kier alpha value is -2.06. The average molecular weight is 323 g/mol. The van der Waals surface area contributed by atoms with E-state index in [0.29, 0.717) is 5.75 Å². The first-order valence-corrected chi connectivity index (χ1v) is 7.27. The molecule has 4 rings (SSSR count). The van der Waals surface area contributed by atoms with E-state index in [0.717, 1.165) is 20.6 Å². The number of halogens is 1. The Morgan fingerprint density at radius 1 is 0.600 bits per heavy atom. The van der Waals surface area contributed by atoms with Crippen LogP contribution in [-0.4, -0.2) is 5.11 Å². The van der Waals surface area contributed by atoms with Crippen molar-refractivity contribution in [2.24, 2.45) is 0 Å². The van der Waals surface area contributed by atoms with Crippen LogP contribution in [0.25, 0.3) is 32.3 Å². The summed E-state index contributed by atoms with van der Waals surface area (Å²) in [5, 5.41) is 17.1. The van der Waals surface area contributed by atoms with Gasteiger partial charge >= 0.3 is 0 Å². The van der Waals surface area contributed by atoms with Gasteiger partial charge in [-0.15, -0.1) is 0 Å². The fourth-order valence-corrected chi connectivity index (χ4v) is 3.28. The Morgan fingerprint density at radius 2 is 1.05 bits per heavy atom. The van der Waals surface area contributed by atoms with Crippen LogP contribution in [0.2, 0.25) is 0 Å². The summed E-state index contributed by atoms with van der Waals surface area (Å²) in [6.07, 6.45) is 0. The highest BCUT2D eigenvalue weighted by molar-refractivity contribution is 9.10. The van der Waals surface area contributed by atoms with Gasteiger partial charge in [-0.3, -0.25) is 0 Å². The van der Waals surface area contributed by atoms with E-state index in [-0.39, 0.29) is 0 Å². The number of fused-ring (bicyclic) bond motifs is 6. The van der Waals surface area contributed by atoms with Crippen LogP contribution >= 0.6 is 15.9 Å². The van der Waals surface area contributed by atoms with Gasteiger partial charge in [0.05, 0.1) is 4.47 Å². The topological polar surface area (TPSA) is 20.2 Å². The van der Waals surface area contributed by atoms with Gasteiger partial charge in [-0.1, -0.05) is 54.6 Å². The van der Waals surface area contributed by atoms with Crippen molar-refractivity contribution in [3.05, 3.63) is 65.1 Å². The summed E-state index contributed by atoms with van der Waals surface area (Å²) >= 11 is 3.42. The molecule has 0 spiro atoms. The lowest BCUT2D eigenvalue weighted by atomic mass is 9.94. The largest absolute Gasteiger partial charge is 0.506 e. The molecule has 0 atom stereocenters. The predicted molar refractivity (Wildman–Crippen MR) is 88.3 cm³/mol. The second-order valence-electron chi connectivity index (χ2n) is 4.91. The van der Waals surface area contributed by atoms with Gasteiger partial charge in [0.15, 0.2) is 0 Å². The van der Waals surface area contributed by atoms with E-state index in [2.05, 4.69) is 52.3 Å². The monoisotopic (exact) mass is 322 g/mol. The SMILES string of the molecule is Oc1c(Br)ccc2c3ccccc3c3ccccc3c12. The lowest BCUT2D eigenvalue weighted by Gasteiger charge is -2.12. The van der Waals surface area contributed by atoms with Gasteiger partial charge in [-0.2, -0.15) is 0 Å². The minimum Gasteiger partial charge on any atom is -0.506 e. The molecular weight excluding hydrogens is 312 g/mol. The molecule has 0 fully saturated rings. The molecule has 0 aromatic heterocycles. The summed E-state index contributed by atoms with van der Waals surface area (Å²) in [7, 11) is 0.